The van der Waals surface area contributed by atoms with Crippen LogP contribution in [0.2, 0.25) is 10.0 Å². The minimum atomic E-state index is -0.740. The number of rotatable bonds is 4. The van der Waals surface area contributed by atoms with Crippen LogP contribution in [0.25, 0.3) is 0 Å². The topological polar surface area (TPSA) is 62.1 Å². The minimum absolute atomic E-state index is 0.151. The minimum Gasteiger partial charge on any atom is -0.484 e. The number of benzene rings is 1. The zero-order chi connectivity index (χ0) is 15.3. The van der Waals surface area contributed by atoms with E-state index < -0.39 is 5.54 Å². The molecule has 0 aliphatic heterocycles. The van der Waals surface area contributed by atoms with Gasteiger partial charge in [-0.05, 0) is 25.0 Å². The number of nitrogens with one attached hydrogen (secondary N) is 1. The highest BCUT2D eigenvalue weighted by molar-refractivity contribution is 6.42. The number of nitriles is 1. The molecule has 0 aromatic heterocycles. The van der Waals surface area contributed by atoms with Crippen molar-refractivity contribution in [2.24, 2.45) is 0 Å². The summed E-state index contributed by atoms with van der Waals surface area (Å²) in [7, 11) is 0. The normalized spacial score (nSPS) is 16.8. The van der Waals surface area contributed by atoms with E-state index in [0.29, 0.717) is 28.6 Å². The first-order chi connectivity index (χ1) is 10.0. The first-order valence-corrected chi connectivity index (χ1v) is 7.60. The highest BCUT2D eigenvalue weighted by atomic mass is 35.5. The second-order valence-electron chi connectivity index (χ2n) is 5.17. The van der Waals surface area contributed by atoms with E-state index in [9.17, 15) is 10.1 Å². The van der Waals surface area contributed by atoms with E-state index in [0.717, 1.165) is 19.3 Å². The van der Waals surface area contributed by atoms with Gasteiger partial charge in [0.1, 0.15) is 11.3 Å². The summed E-state index contributed by atoms with van der Waals surface area (Å²) in [6, 6.07) is 7.04. The van der Waals surface area contributed by atoms with Gasteiger partial charge in [-0.1, -0.05) is 42.5 Å². The number of carbonyl (C=O) groups excluding carboxylic acids is 1. The monoisotopic (exact) mass is 326 g/mol. The predicted octanol–water partition coefficient (Wildman–Crippen LogP) is 3.71. The lowest BCUT2D eigenvalue weighted by atomic mass is 9.83. The third-order valence-corrected chi connectivity index (χ3v) is 4.30. The van der Waals surface area contributed by atoms with Crippen molar-refractivity contribution in [3.05, 3.63) is 28.2 Å². The third kappa shape index (κ3) is 4.26. The SMILES string of the molecule is N#CC1(NC(=O)COc2ccc(Cl)c(Cl)c2)CCCCC1. The zero-order valence-corrected chi connectivity index (χ0v) is 13.0. The molecule has 4 nitrogen and oxygen atoms in total. The fraction of sp³-hybridized carbons (Fsp3) is 0.467. The number of nitrogens with zero attached hydrogens (tertiary/aromatic N) is 1. The molecular formula is C15H16Cl2N2O2. The van der Waals surface area contributed by atoms with Crippen LogP contribution in [-0.4, -0.2) is 18.1 Å². The molecular weight excluding hydrogens is 311 g/mol. The molecule has 1 N–H and O–H groups in total. The Kier molecular flexibility index (Phi) is 5.33. The lowest BCUT2D eigenvalue weighted by Crippen LogP contribution is -2.50. The molecule has 0 radical (unpaired) electrons. The van der Waals surface area contributed by atoms with Gasteiger partial charge in [0, 0.05) is 6.07 Å². The summed E-state index contributed by atoms with van der Waals surface area (Å²) in [5, 5.41) is 12.9. The maximum absolute atomic E-state index is 12.0. The second kappa shape index (κ2) is 7.02. The Morgan fingerprint density at radius 1 is 1.29 bits per heavy atom. The molecule has 112 valence electrons. The quantitative estimate of drug-likeness (QED) is 0.917. The summed E-state index contributed by atoms with van der Waals surface area (Å²) in [4.78, 5) is 12.0. The van der Waals surface area contributed by atoms with Gasteiger partial charge in [-0.15, -0.1) is 0 Å². The van der Waals surface area contributed by atoms with E-state index in [2.05, 4.69) is 11.4 Å². The summed E-state index contributed by atoms with van der Waals surface area (Å²) in [6.45, 7) is -0.151. The third-order valence-electron chi connectivity index (χ3n) is 3.56. The highest BCUT2D eigenvalue weighted by Crippen LogP contribution is 2.28. The van der Waals surface area contributed by atoms with E-state index >= 15 is 0 Å². The van der Waals surface area contributed by atoms with E-state index in [4.69, 9.17) is 27.9 Å². The average Bonchev–Trinajstić information content (AvgIpc) is 2.49. The van der Waals surface area contributed by atoms with Gasteiger partial charge in [-0.25, -0.2) is 0 Å². The maximum atomic E-state index is 12.0. The van der Waals surface area contributed by atoms with Crippen molar-refractivity contribution in [1.82, 2.24) is 5.32 Å². The Morgan fingerprint density at radius 3 is 2.62 bits per heavy atom. The molecule has 21 heavy (non-hydrogen) atoms. The smallest absolute Gasteiger partial charge is 0.259 e. The Hall–Kier alpha value is -1.44. The van der Waals surface area contributed by atoms with Gasteiger partial charge < -0.3 is 10.1 Å². The standard InChI is InChI=1S/C15H16Cl2N2O2/c16-12-5-4-11(8-13(12)17)21-9-14(20)19-15(10-18)6-2-1-3-7-15/h4-5,8H,1-3,6-7,9H2,(H,19,20). The van der Waals surface area contributed by atoms with Crippen LogP contribution < -0.4 is 10.1 Å². The molecule has 0 heterocycles. The summed E-state index contributed by atoms with van der Waals surface area (Å²) in [5.41, 5.74) is -0.740. The first-order valence-electron chi connectivity index (χ1n) is 6.85. The van der Waals surface area contributed by atoms with E-state index in [1.807, 2.05) is 0 Å². The molecule has 1 aliphatic carbocycles. The molecule has 1 amide bonds. The van der Waals surface area contributed by atoms with E-state index in [1.54, 1.807) is 18.2 Å². The fourth-order valence-corrected chi connectivity index (χ4v) is 2.73. The summed E-state index contributed by atoms with van der Waals surface area (Å²) in [5.74, 6) is 0.165. The number of amides is 1. The van der Waals surface area contributed by atoms with Gasteiger partial charge in [0.2, 0.25) is 0 Å². The lowest BCUT2D eigenvalue weighted by Gasteiger charge is -2.31. The van der Waals surface area contributed by atoms with Crippen LogP contribution in [0, 0.1) is 11.3 Å². The highest BCUT2D eigenvalue weighted by Gasteiger charge is 2.33. The lowest BCUT2D eigenvalue weighted by molar-refractivity contribution is -0.124. The molecule has 0 bridgehead atoms. The van der Waals surface area contributed by atoms with Crippen molar-refractivity contribution in [2.45, 2.75) is 37.6 Å². The second-order valence-corrected chi connectivity index (χ2v) is 5.98. The van der Waals surface area contributed by atoms with E-state index in [1.165, 1.54) is 0 Å². The molecule has 1 aromatic rings. The largest absolute Gasteiger partial charge is 0.484 e. The number of ether oxygens (including phenoxy) is 1. The van der Waals surface area contributed by atoms with Crippen molar-refractivity contribution in [3.63, 3.8) is 0 Å². The van der Waals surface area contributed by atoms with Crippen LogP contribution in [0.15, 0.2) is 18.2 Å². The molecule has 1 saturated carbocycles. The van der Waals surface area contributed by atoms with Crippen molar-refractivity contribution in [2.75, 3.05) is 6.61 Å². The number of hydrogen-bond donors (Lipinski definition) is 1. The van der Waals surface area contributed by atoms with Crippen LogP contribution in [0.4, 0.5) is 0 Å². The average molecular weight is 327 g/mol. The van der Waals surface area contributed by atoms with Crippen LogP contribution in [0.5, 0.6) is 5.75 Å². The molecule has 1 fully saturated rings. The number of hydrogen-bond acceptors (Lipinski definition) is 3. The summed E-state index contributed by atoms with van der Waals surface area (Å²) < 4.78 is 5.37. The Balaban J connectivity index is 1.89. The van der Waals surface area contributed by atoms with Crippen molar-refractivity contribution in [3.8, 4) is 11.8 Å². The van der Waals surface area contributed by atoms with Crippen molar-refractivity contribution in [1.29, 1.82) is 5.26 Å². The predicted molar refractivity (Wildman–Crippen MR) is 81.5 cm³/mol. The molecule has 0 spiro atoms. The van der Waals surface area contributed by atoms with Crippen molar-refractivity contribution >= 4 is 29.1 Å². The van der Waals surface area contributed by atoms with Gasteiger partial charge in [-0.3, -0.25) is 4.79 Å². The van der Waals surface area contributed by atoms with Gasteiger partial charge in [0.05, 0.1) is 16.1 Å². The molecule has 6 heteroatoms. The summed E-state index contributed by atoms with van der Waals surface area (Å²) >= 11 is 11.7. The van der Waals surface area contributed by atoms with Gasteiger partial charge in [-0.2, -0.15) is 5.26 Å². The van der Waals surface area contributed by atoms with Crippen LogP contribution in [0.3, 0.4) is 0 Å². The maximum Gasteiger partial charge on any atom is 0.259 e. The molecule has 0 atom stereocenters. The fourth-order valence-electron chi connectivity index (χ4n) is 2.44. The van der Waals surface area contributed by atoms with Gasteiger partial charge >= 0.3 is 0 Å². The Morgan fingerprint density at radius 2 is 2.00 bits per heavy atom. The van der Waals surface area contributed by atoms with Gasteiger partial charge in [0.15, 0.2) is 6.61 Å². The van der Waals surface area contributed by atoms with Crippen LogP contribution >= 0.6 is 23.2 Å². The number of halogens is 2. The number of carbonyl (C=O) groups is 1. The molecule has 0 saturated heterocycles. The molecule has 2 rings (SSSR count). The van der Waals surface area contributed by atoms with Crippen molar-refractivity contribution < 1.29 is 9.53 Å². The zero-order valence-electron chi connectivity index (χ0n) is 11.5. The Labute approximate surface area is 134 Å². The Bertz CT molecular complexity index is 563. The van der Waals surface area contributed by atoms with E-state index in [-0.39, 0.29) is 12.5 Å². The molecule has 1 aliphatic rings. The molecule has 0 unspecified atom stereocenters. The molecule has 1 aromatic carbocycles. The first kappa shape index (κ1) is 15.9. The summed E-state index contributed by atoms with van der Waals surface area (Å²) in [6.07, 6.45) is 4.42. The van der Waals surface area contributed by atoms with Gasteiger partial charge in [0.25, 0.3) is 5.91 Å². The van der Waals surface area contributed by atoms with Crippen LogP contribution in [0.1, 0.15) is 32.1 Å². The van der Waals surface area contributed by atoms with Crippen LogP contribution in [-0.2, 0) is 4.79 Å².